The Balaban J connectivity index is 2.49. The summed E-state index contributed by atoms with van der Waals surface area (Å²) in [5.74, 6) is -0.803. The van der Waals surface area contributed by atoms with E-state index in [2.05, 4.69) is 4.98 Å². The number of aromatic nitrogens is 1. The molecule has 0 spiro atoms. The number of amides is 1. The third kappa shape index (κ3) is 3.87. The number of esters is 1. The topological polar surface area (TPSA) is 59.5 Å². The molecule has 1 unspecified atom stereocenters. The largest absolute Gasteiger partial charge is 0.467 e. The van der Waals surface area contributed by atoms with Gasteiger partial charge in [0.25, 0.3) is 5.91 Å². The van der Waals surface area contributed by atoms with E-state index in [1.807, 2.05) is 13.0 Å². The fourth-order valence-electron chi connectivity index (χ4n) is 2.29. The van der Waals surface area contributed by atoms with Gasteiger partial charge in [0.1, 0.15) is 11.2 Å². The van der Waals surface area contributed by atoms with Gasteiger partial charge in [-0.25, -0.2) is 9.78 Å². The molecule has 0 saturated carbocycles. The predicted octanol–water partition coefficient (Wildman–Crippen LogP) is 3.33. The summed E-state index contributed by atoms with van der Waals surface area (Å²) in [7, 11) is 1.31. The Morgan fingerprint density at radius 1 is 1.26 bits per heavy atom. The molecule has 0 aliphatic rings. The van der Waals surface area contributed by atoms with Crippen LogP contribution in [0.2, 0.25) is 5.15 Å². The predicted molar refractivity (Wildman–Crippen MR) is 88.6 cm³/mol. The van der Waals surface area contributed by atoms with E-state index < -0.39 is 12.0 Å². The molecule has 6 heteroatoms. The van der Waals surface area contributed by atoms with Gasteiger partial charge in [-0.05, 0) is 30.7 Å². The van der Waals surface area contributed by atoms with Gasteiger partial charge in [-0.2, -0.15) is 0 Å². The van der Waals surface area contributed by atoms with Gasteiger partial charge in [0.15, 0.2) is 0 Å². The van der Waals surface area contributed by atoms with Gasteiger partial charge >= 0.3 is 5.97 Å². The van der Waals surface area contributed by atoms with E-state index in [4.69, 9.17) is 16.3 Å². The number of hydrogen-bond donors (Lipinski definition) is 0. The summed E-state index contributed by atoms with van der Waals surface area (Å²) in [6, 6.07) is 11.3. The first-order valence-corrected chi connectivity index (χ1v) is 7.54. The monoisotopic (exact) mass is 332 g/mol. The van der Waals surface area contributed by atoms with E-state index in [0.717, 1.165) is 0 Å². The lowest BCUT2D eigenvalue weighted by atomic mass is 10.1. The molecule has 0 fully saturated rings. The summed E-state index contributed by atoms with van der Waals surface area (Å²) >= 11 is 5.87. The molecule has 0 N–H and O–H groups in total. The Hall–Kier alpha value is -2.40. The van der Waals surface area contributed by atoms with Crippen LogP contribution in [0.15, 0.2) is 48.7 Å². The number of methoxy groups -OCH3 is 1. The Morgan fingerprint density at radius 3 is 2.52 bits per heavy atom. The quantitative estimate of drug-likeness (QED) is 0.622. The number of hydrogen-bond acceptors (Lipinski definition) is 4. The highest BCUT2D eigenvalue weighted by Crippen LogP contribution is 2.23. The third-order valence-corrected chi connectivity index (χ3v) is 3.61. The van der Waals surface area contributed by atoms with Crippen molar-refractivity contribution >= 4 is 29.2 Å². The van der Waals surface area contributed by atoms with Crippen molar-refractivity contribution in [3.05, 3.63) is 59.4 Å². The highest BCUT2D eigenvalue weighted by molar-refractivity contribution is 6.29. The summed E-state index contributed by atoms with van der Waals surface area (Å²) in [6.45, 7) is 1.82. The first-order chi connectivity index (χ1) is 11.1. The normalized spacial score (nSPS) is 11.6. The zero-order valence-electron chi connectivity index (χ0n) is 12.9. The second kappa shape index (κ2) is 7.74. The molecular weight excluding hydrogens is 316 g/mol. The number of anilines is 1. The van der Waals surface area contributed by atoms with Crippen molar-refractivity contribution in [1.29, 1.82) is 0 Å². The van der Waals surface area contributed by atoms with Gasteiger partial charge in [-0.1, -0.05) is 36.7 Å². The molecule has 5 nitrogen and oxygen atoms in total. The second-order valence-corrected chi connectivity index (χ2v) is 5.21. The number of halogens is 1. The lowest BCUT2D eigenvalue weighted by Gasteiger charge is -2.29. The van der Waals surface area contributed by atoms with Gasteiger partial charge < -0.3 is 4.74 Å². The number of para-hydroxylation sites is 1. The number of carbonyl (C=O) groups excluding carboxylic acids is 2. The summed E-state index contributed by atoms with van der Waals surface area (Å²) in [6.07, 6.45) is 1.88. The minimum absolute atomic E-state index is 0.218. The van der Waals surface area contributed by atoms with E-state index in [0.29, 0.717) is 17.7 Å². The lowest BCUT2D eigenvalue weighted by molar-refractivity contribution is -0.142. The summed E-state index contributed by atoms with van der Waals surface area (Å²) < 4.78 is 4.84. The Labute approximate surface area is 139 Å². The molecule has 2 rings (SSSR count). The standard InChI is InChI=1S/C17H17ClN2O3/c1-3-14(17(22)23-2)20(13-7-5-4-6-8-13)16(21)12-9-10-19-15(18)11-12/h4-11,14H,3H2,1-2H3. The highest BCUT2D eigenvalue weighted by atomic mass is 35.5. The number of carbonyl (C=O) groups is 2. The molecular formula is C17H17ClN2O3. The van der Waals surface area contributed by atoms with E-state index in [-0.39, 0.29) is 11.1 Å². The molecule has 0 bridgehead atoms. The molecule has 0 aliphatic carbocycles. The van der Waals surface area contributed by atoms with Crippen molar-refractivity contribution in [2.75, 3.05) is 12.0 Å². The van der Waals surface area contributed by atoms with Crippen LogP contribution in [0.1, 0.15) is 23.7 Å². The minimum atomic E-state index is -0.721. The Morgan fingerprint density at radius 2 is 1.96 bits per heavy atom. The fourth-order valence-corrected chi connectivity index (χ4v) is 2.47. The van der Waals surface area contributed by atoms with Crippen molar-refractivity contribution in [3.63, 3.8) is 0 Å². The molecule has 23 heavy (non-hydrogen) atoms. The van der Waals surface area contributed by atoms with E-state index >= 15 is 0 Å². The maximum absolute atomic E-state index is 12.9. The average Bonchev–Trinajstić information content (AvgIpc) is 2.59. The molecule has 1 amide bonds. The van der Waals surface area contributed by atoms with Crippen molar-refractivity contribution in [2.45, 2.75) is 19.4 Å². The molecule has 0 radical (unpaired) electrons. The SMILES string of the molecule is CCC(C(=O)OC)N(C(=O)c1ccnc(Cl)c1)c1ccccc1. The van der Waals surface area contributed by atoms with E-state index in [1.54, 1.807) is 30.3 Å². The molecule has 1 atom stereocenters. The zero-order chi connectivity index (χ0) is 16.8. The molecule has 2 aromatic rings. The third-order valence-electron chi connectivity index (χ3n) is 3.40. The van der Waals surface area contributed by atoms with Crippen molar-refractivity contribution < 1.29 is 14.3 Å². The maximum Gasteiger partial charge on any atom is 0.328 e. The van der Waals surface area contributed by atoms with Crippen molar-refractivity contribution in [2.24, 2.45) is 0 Å². The lowest BCUT2D eigenvalue weighted by Crippen LogP contribution is -2.45. The molecule has 1 heterocycles. The van der Waals surface area contributed by atoms with Crippen LogP contribution in [0, 0.1) is 0 Å². The van der Waals surface area contributed by atoms with Gasteiger partial charge in [0, 0.05) is 17.4 Å². The minimum Gasteiger partial charge on any atom is -0.467 e. The van der Waals surface area contributed by atoms with Gasteiger partial charge in [0.05, 0.1) is 7.11 Å². The first kappa shape index (κ1) is 17.0. The summed E-state index contributed by atoms with van der Waals surface area (Å²) in [5.41, 5.74) is 0.971. The van der Waals surface area contributed by atoms with Crippen LogP contribution in [0.3, 0.4) is 0 Å². The molecule has 120 valence electrons. The van der Waals surface area contributed by atoms with Gasteiger partial charge in [-0.3, -0.25) is 9.69 Å². The summed E-state index contributed by atoms with van der Waals surface area (Å²) in [4.78, 5) is 30.4. The Kier molecular flexibility index (Phi) is 5.71. The van der Waals surface area contributed by atoms with Gasteiger partial charge in [-0.15, -0.1) is 0 Å². The second-order valence-electron chi connectivity index (χ2n) is 4.83. The van der Waals surface area contributed by atoms with Gasteiger partial charge in [0.2, 0.25) is 0 Å². The fraction of sp³-hybridized carbons (Fsp3) is 0.235. The number of pyridine rings is 1. The van der Waals surface area contributed by atoms with Crippen LogP contribution in [0.5, 0.6) is 0 Å². The van der Waals surface area contributed by atoms with Crippen LogP contribution in [0.4, 0.5) is 5.69 Å². The van der Waals surface area contributed by atoms with Crippen molar-refractivity contribution in [1.82, 2.24) is 4.98 Å². The summed E-state index contributed by atoms with van der Waals surface area (Å²) in [5, 5.41) is 0.218. The molecule has 1 aromatic heterocycles. The van der Waals surface area contributed by atoms with E-state index in [1.165, 1.54) is 24.3 Å². The van der Waals surface area contributed by atoms with Crippen LogP contribution < -0.4 is 4.90 Å². The van der Waals surface area contributed by atoms with E-state index in [9.17, 15) is 9.59 Å². The molecule has 0 saturated heterocycles. The van der Waals surface area contributed by atoms with Crippen LogP contribution in [-0.4, -0.2) is 30.0 Å². The molecule has 1 aromatic carbocycles. The maximum atomic E-state index is 12.9. The Bertz CT molecular complexity index is 691. The highest BCUT2D eigenvalue weighted by Gasteiger charge is 2.31. The number of benzene rings is 1. The number of rotatable bonds is 5. The molecule has 0 aliphatic heterocycles. The van der Waals surface area contributed by atoms with Crippen LogP contribution >= 0.6 is 11.6 Å². The van der Waals surface area contributed by atoms with Crippen molar-refractivity contribution in [3.8, 4) is 0 Å². The van der Waals surface area contributed by atoms with Crippen LogP contribution in [-0.2, 0) is 9.53 Å². The number of ether oxygens (including phenoxy) is 1. The zero-order valence-corrected chi connectivity index (χ0v) is 13.7. The average molecular weight is 333 g/mol. The number of nitrogens with zero attached hydrogens (tertiary/aromatic N) is 2. The first-order valence-electron chi connectivity index (χ1n) is 7.16. The smallest absolute Gasteiger partial charge is 0.328 e. The van der Waals surface area contributed by atoms with Crippen LogP contribution in [0.25, 0.3) is 0 Å².